The molecule has 0 aliphatic carbocycles. The molecule has 70 valence electrons. The minimum atomic E-state index is 0.192. The lowest BCUT2D eigenvalue weighted by Gasteiger charge is -2.39. The molecule has 1 aliphatic rings. The average Bonchev–Trinajstić information content (AvgIpc) is 1.95. The summed E-state index contributed by atoms with van der Waals surface area (Å²) in [5, 5.41) is 0. The Kier molecular flexibility index (Phi) is 2.76. The van der Waals surface area contributed by atoms with Gasteiger partial charge in [0.05, 0.1) is 0 Å². The molecule has 1 atom stereocenters. The largest absolute Gasteiger partial charge is 0.342 e. The number of likely N-dealkylation sites (tertiary alicyclic amines) is 1. The van der Waals surface area contributed by atoms with Gasteiger partial charge in [-0.25, -0.2) is 0 Å². The second-order valence-electron chi connectivity index (χ2n) is 4.38. The van der Waals surface area contributed by atoms with E-state index >= 15 is 0 Å². The average molecular weight is 169 g/mol. The van der Waals surface area contributed by atoms with Crippen LogP contribution in [0.3, 0.4) is 0 Å². The Hall–Kier alpha value is -0.530. The van der Waals surface area contributed by atoms with Crippen molar-refractivity contribution in [3.8, 4) is 0 Å². The van der Waals surface area contributed by atoms with Gasteiger partial charge in [0.15, 0.2) is 0 Å². The molecule has 0 bridgehead atoms. The number of hydrogen-bond donors (Lipinski definition) is 0. The van der Waals surface area contributed by atoms with E-state index in [4.69, 9.17) is 0 Å². The van der Waals surface area contributed by atoms with Crippen LogP contribution in [0.15, 0.2) is 0 Å². The lowest BCUT2D eigenvalue weighted by atomic mass is 9.93. The highest BCUT2D eigenvalue weighted by atomic mass is 16.2. The first-order valence-electron chi connectivity index (χ1n) is 4.81. The van der Waals surface area contributed by atoms with Gasteiger partial charge in [0.1, 0.15) is 0 Å². The lowest BCUT2D eigenvalue weighted by molar-refractivity contribution is -0.142. The Balaban J connectivity index is 2.38. The first-order chi connectivity index (χ1) is 5.52. The Bertz CT molecular complexity index is 171. The van der Waals surface area contributed by atoms with E-state index in [1.54, 1.807) is 0 Å². The third-order valence-corrected chi connectivity index (χ3v) is 2.77. The van der Waals surface area contributed by atoms with Crippen LogP contribution < -0.4 is 0 Å². The predicted molar refractivity (Wildman–Crippen MR) is 49.7 cm³/mol. The summed E-state index contributed by atoms with van der Waals surface area (Å²) in [6.45, 7) is 10.4. The molecule has 0 aromatic rings. The molecule has 1 aliphatic heterocycles. The maximum absolute atomic E-state index is 11.6. The summed E-state index contributed by atoms with van der Waals surface area (Å²) in [5.74, 6) is 1.71. The zero-order chi connectivity index (χ0) is 9.30. The fourth-order valence-corrected chi connectivity index (χ4v) is 1.45. The Labute approximate surface area is 74.9 Å². The van der Waals surface area contributed by atoms with Crippen molar-refractivity contribution < 1.29 is 4.79 Å². The standard InChI is InChI=1S/C10H19NO/c1-7(2)9(4)10(12)11-5-8(3)6-11/h7-9H,5-6H2,1-4H3. The van der Waals surface area contributed by atoms with Gasteiger partial charge in [-0.3, -0.25) is 4.79 Å². The van der Waals surface area contributed by atoms with Crippen molar-refractivity contribution in [2.75, 3.05) is 13.1 Å². The monoisotopic (exact) mass is 169 g/mol. The first kappa shape index (κ1) is 9.56. The Morgan fingerprint density at radius 3 is 2.17 bits per heavy atom. The molecule has 1 rings (SSSR count). The number of carbonyl (C=O) groups is 1. The van der Waals surface area contributed by atoms with Crippen LogP contribution in [-0.4, -0.2) is 23.9 Å². The molecule has 1 saturated heterocycles. The molecule has 0 N–H and O–H groups in total. The summed E-state index contributed by atoms with van der Waals surface area (Å²) >= 11 is 0. The van der Waals surface area contributed by atoms with Gasteiger partial charge in [-0.05, 0) is 11.8 Å². The van der Waals surface area contributed by atoms with Gasteiger partial charge in [-0.1, -0.05) is 27.7 Å². The quantitative estimate of drug-likeness (QED) is 0.617. The van der Waals surface area contributed by atoms with Gasteiger partial charge in [-0.2, -0.15) is 0 Å². The molecule has 12 heavy (non-hydrogen) atoms. The van der Waals surface area contributed by atoms with Gasteiger partial charge in [0.2, 0.25) is 5.91 Å². The molecule has 1 heterocycles. The van der Waals surface area contributed by atoms with Crippen molar-refractivity contribution in [1.29, 1.82) is 0 Å². The number of nitrogens with zero attached hydrogens (tertiary/aromatic N) is 1. The SMILES string of the molecule is CC1CN(C(=O)C(C)C(C)C)C1. The van der Waals surface area contributed by atoms with E-state index in [0.717, 1.165) is 13.1 Å². The highest BCUT2D eigenvalue weighted by molar-refractivity contribution is 5.79. The molecule has 1 amide bonds. The van der Waals surface area contributed by atoms with Crippen LogP contribution in [0.2, 0.25) is 0 Å². The zero-order valence-corrected chi connectivity index (χ0v) is 8.50. The van der Waals surface area contributed by atoms with E-state index in [2.05, 4.69) is 20.8 Å². The number of amides is 1. The Morgan fingerprint density at radius 1 is 1.33 bits per heavy atom. The second kappa shape index (κ2) is 3.46. The molecular formula is C10H19NO. The Morgan fingerprint density at radius 2 is 1.83 bits per heavy atom. The summed E-state index contributed by atoms with van der Waals surface area (Å²) in [4.78, 5) is 13.6. The van der Waals surface area contributed by atoms with E-state index < -0.39 is 0 Å². The molecule has 0 aromatic heterocycles. The molecule has 1 unspecified atom stereocenters. The van der Waals surface area contributed by atoms with Gasteiger partial charge in [-0.15, -0.1) is 0 Å². The van der Waals surface area contributed by atoms with Crippen molar-refractivity contribution in [2.45, 2.75) is 27.7 Å². The van der Waals surface area contributed by atoms with E-state index in [1.807, 2.05) is 11.8 Å². The lowest BCUT2D eigenvalue weighted by Crippen LogP contribution is -2.51. The number of rotatable bonds is 2. The maximum Gasteiger partial charge on any atom is 0.225 e. The molecule has 0 saturated carbocycles. The summed E-state index contributed by atoms with van der Waals surface area (Å²) in [5.41, 5.74) is 0. The van der Waals surface area contributed by atoms with Crippen molar-refractivity contribution >= 4 is 5.91 Å². The van der Waals surface area contributed by atoms with E-state index in [9.17, 15) is 4.79 Å². The molecule has 0 spiro atoms. The molecule has 1 fully saturated rings. The summed E-state index contributed by atoms with van der Waals surface area (Å²) in [6.07, 6.45) is 0. The fraction of sp³-hybridized carbons (Fsp3) is 0.900. The van der Waals surface area contributed by atoms with Crippen LogP contribution >= 0.6 is 0 Å². The van der Waals surface area contributed by atoms with Gasteiger partial charge in [0.25, 0.3) is 0 Å². The maximum atomic E-state index is 11.6. The molecule has 2 nitrogen and oxygen atoms in total. The minimum Gasteiger partial charge on any atom is -0.342 e. The summed E-state index contributed by atoms with van der Waals surface area (Å²) in [7, 11) is 0. The third kappa shape index (κ3) is 1.79. The van der Waals surface area contributed by atoms with Crippen LogP contribution in [0, 0.1) is 17.8 Å². The molecule has 0 aromatic carbocycles. The van der Waals surface area contributed by atoms with E-state index in [-0.39, 0.29) is 5.92 Å². The predicted octanol–water partition coefficient (Wildman–Crippen LogP) is 1.76. The van der Waals surface area contributed by atoms with E-state index in [0.29, 0.717) is 17.7 Å². The number of hydrogen-bond acceptors (Lipinski definition) is 1. The van der Waals surface area contributed by atoms with Crippen molar-refractivity contribution in [2.24, 2.45) is 17.8 Å². The van der Waals surface area contributed by atoms with E-state index in [1.165, 1.54) is 0 Å². The second-order valence-corrected chi connectivity index (χ2v) is 4.38. The topological polar surface area (TPSA) is 20.3 Å². The van der Waals surface area contributed by atoms with Crippen molar-refractivity contribution in [1.82, 2.24) is 4.90 Å². The molecule has 2 heteroatoms. The zero-order valence-electron chi connectivity index (χ0n) is 8.50. The normalized spacial score (nSPS) is 20.9. The first-order valence-corrected chi connectivity index (χ1v) is 4.81. The number of carbonyl (C=O) groups excluding carboxylic acids is 1. The van der Waals surface area contributed by atoms with Crippen LogP contribution in [0.4, 0.5) is 0 Å². The molecular weight excluding hydrogens is 150 g/mol. The van der Waals surface area contributed by atoms with Gasteiger partial charge < -0.3 is 4.90 Å². The van der Waals surface area contributed by atoms with Crippen LogP contribution in [0.25, 0.3) is 0 Å². The minimum absolute atomic E-state index is 0.192. The van der Waals surface area contributed by atoms with Crippen LogP contribution in [0.1, 0.15) is 27.7 Å². The van der Waals surface area contributed by atoms with Crippen molar-refractivity contribution in [3.63, 3.8) is 0 Å². The highest BCUT2D eigenvalue weighted by Crippen LogP contribution is 2.20. The fourth-order valence-electron chi connectivity index (χ4n) is 1.45. The summed E-state index contributed by atoms with van der Waals surface area (Å²) in [6, 6.07) is 0. The smallest absolute Gasteiger partial charge is 0.225 e. The van der Waals surface area contributed by atoms with Crippen LogP contribution in [0.5, 0.6) is 0 Å². The van der Waals surface area contributed by atoms with Gasteiger partial charge in [0, 0.05) is 19.0 Å². The van der Waals surface area contributed by atoms with Crippen molar-refractivity contribution in [3.05, 3.63) is 0 Å². The third-order valence-electron chi connectivity index (χ3n) is 2.77. The molecule has 0 radical (unpaired) electrons. The highest BCUT2D eigenvalue weighted by Gasteiger charge is 2.30. The summed E-state index contributed by atoms with van der Waals surface area (Å²) < 4.78 is 0. The van der Waals surface area contributed by atoms with Crippen LogP contribution in [-0.2, 0) is 4.79 Å². The van der Waals surface area contributed by atoms with Gasteiger partial charge >= 0.3 is 0 Å².